The van der Waals surface area contributed by atoms with E-state index >= 15 is 0 Å². The highest BCUT2D eigenvalue weighted by molar-refractivity contribution is 7.91. The molecule has 2 aromatic heterocycles. The topological polar surface area (TPSA) is 65.6 Å². The van der Waals surface area contributed by atoms with Crippen molar-refractivity contribution in [3.05, 3.63) is 41.0 Å². The van der Waals surface area contributed by atoms with Crippen LogP contribution in [0.3, 0.4) is 0 Å². The molecule has 0 aliphatic carbocycles. The van der Waals surface area contributed by atoms with Gasteiger partial charge in [-0.05, 0) is 59.2 Å². The Morgan fingerprint density at radius 2 is 1.92 bits per heavy atom. The maximum atomic E-state index is 12.5. The molecule has 26 heavy (non-hydrogen) atoms. The van der Waals surface area contributed by atoms with E-state index in [1.165, 1.54) is 0 Å². The molecule has 0 N–H and O–H groups in total. The summed E-state index contributed by atoms with van der Waals surface area (Å²) in [6.45, 7) is 13.8. The first-order valence-electron chi connectivity index (χ1n) is 8.88. The van der Waals surface area contributed by atoms with Gasteiger partial charge in [0.1, 0.15) is 27.6 Å². The van der Waals surface area contributed by atoms with Gasteiger partial charge in [-0.15, -0.1) is 0 Å². The van der Waals surface area contributed by atoms with Crippen molar-refractivity contribution in [1.82, 2.24) is 14.4 Å². The Morgan fingerprint density at radius 3 is 2.54 bits per heavy atom. The van der Waals surface area contributed by atoms with E-state index in [9.17, 15) is 4.55 Å². The Morgan fingerprint density at radius 1 is 1.23 bits per heavy atom. The number of fused-ring (bicyclic) bond motifs is 3. The third-order valence-electron chi connectivity index (χ3n) is 4.29. The lowest BCUT2D eigenvalue weighted by molar-refractivity contribution is 0.561. The fourth-order valence-corrected chi connectivity index (χ4v) is 3.59. The van der Waals surface area contributed by atoms with E-state index in [1.807, 2.05) is 40.8 Å². The third kappa shape index (κ3) is 3.35. The molecule has 0 unspecified atom stereocenters. The van der Waals surface area contributed by atoms with Gasteiger partial charge in [0.05, 0.1) is 16.9 Å². The summed E-state index contributed by atoms with van der Waals surface area (Å²) in [6, 6.07) is 4.18. The maximum absolute atomic E-state index is 12.5. The Balaban J connectivity index is 2.33. The summed E-state index contributed by atoms with van der Waals surface area (Å²) in [4.78, 5) is 9.62. The molecule has 1 atom stereocenters. The Bertz CT molecular complexity index is 1010. The van der Waals surface area contributed by atoms with Crippen LogP contribution in [0.1, 0.15) is 57.3 Å². The largest absolute Gasteiger partial charge is 0.591 e. The van der Waals surface area contributed by atoms with Gasteiger partial charge in [-0.25, -0.2) is 9.97 Å². The molecular formula is C20H26N4OS. The zero-order valence-electron chi connectivity index (χ0n) is 16.5. The van der Waals surface area contributed by atoms with E-state index in [4.69, 9.17) is 9.97 Å². The molecule has 3 rings (SSSR count). The van der Waals surface area contributed by atoms with E-state index in [2.05, 4.69) is 34.8 Å². The number of benzene rings is 1. The van der Waals surface area contributed by atoms with Crippen LogP contribution in [0.25, 0.3) is 16.6 Å². The summed E-state index contributed by atoms with van der Waals surface area (Å²) < 4.78 is 18.6. The van der Waals surface area contributed by atoms with E-state index in [0.29, 0.717) is 0 Å². The summed E-state index contributed by atoms with van der Waals surface area (Å²) in [5.41, 5.74) is 5.54. The minimum Gasteiger partial charge on any atom is -0.591 e. The number of aryl methyl sites for hydroxylation is 3. The second kappa shape index (κ2) is 6.67. The van der Waals surface area contributed by atoms with Gasteiger partial charge in [0.25, 0.3) is 0 Å². The Hall–Kier alpha value is -1.92. The Kier molecular flexibility index (Phi) is 4.84. The second-order valence-electron chi connectivity index (χ2n) is 7.70. The molecule has 2 heterocycles. The van der Waals surface area contributed by atoms with Crippen LogP contribution in [0.15, 0.2) is 22.7 Å². The smallest absolute Gasteiger partial charge is 0.147 e. The van der Waals surface area contributed by atoms with Crippen molar-refractivity contribution in [3.8, 4) is 0 Å². The first-order chi connectivity index (χ1) is 12.1. The van der Waals surface area contributed by atoms with Crippen molar-refractivity contribution in [1.29, 1.82) is 0 Å². The maximum Gasteiger partial charge on any atom is 0.147 e. The normalized spacial score (nSPS) is 14.4. The summed E-state index contributed by atoms with van der Waals surface area (Å²) >= 11 is -1.31. The van der Waals surface area contributed by atoms with E-state index in [0.717, 1.165) is 51.3 Å². The molecule has 1 aromatic carbocycles. The van der Waals surface area contributed by atoms with Crippen LogP contribution >= 0.6 is 0 Å². The number of imidazole rings is 1. The van der Waals surface area contributed by atoms with Crippen molar-refractivity contribution < 1.29 is 4.55 Å². The highest BCUT2D eigenvalue weighted by Gasteiger charge is 2.27. The molecule has 0 saturated heterocycles. The van der Waals surface area contributed by atoms with Gasteiger partial charge in [-0.3, -0.25) is 4.40 Å². The summed E-state index contributed by atoms with van der Waals surface area (Å²) in [7, 11) is 0. The van der Waals surface area contributed by atoms with Crippen molar-refractivity contribution in [2.24, 2.45) is 4.40 Å². The molecule has 3 aromatic rings. The third-order valence-corrected chi connectivity index (χ3v) is 5.78. The molecule has 5 nitrogen and oxygen atoms in total. The monoisotopic (exact) mass is 370 g/mol. The van der Waals surface area contributed by atoms with Crippen molar-refractivity contribution in [2.75, 3.05) is 0 Å². The van der Waals surface area contributed by atoms with Crippen LogP contribution in [0.2, 0.25) is 0 Å². The molecule has 0 amide bonds. The van der Waals surface area contributed by atoms with Crippen LogP contribution in [-0.2, 0) is 17.8 Å². The number of aromatic nitrogens is 3. The van der Waals surface area contributed by atoms with Crippen LogP contribution in [-0.4, -0.2) is 29.4 Å². The van der Waals surface area contributed by atoms with Crippen molar-refractivity contribution in [2.45, 2.75) is 59.6 Å². The summed E-state index contributed by atoms with van der Waals surface area (Å²) in [5.74, 6) is 0.961. The molecule has 0 radical (unpaired) electrons. The van der Waals surface area contributed by atoms with Gasteiger partial charge in [0.2, 0.25) is 0 Å². The Labute approximate surface area is 157 Å². The van der Waals surface area contributed by atoms with Crippen LogP contribution in [0.5, 0.6) is 0 Å². The second-order valence-corrected chi connectivity index (χ2v) is 9.61. The van der Waals surface area contributed by atoms with E-state index in [1.54, 1.807) is 0 Å². The molecule has 6 heteroatoms. The molecule has 0 aliphatic rings. The standard InChI is InChI=1S/C20H26N4OS/c1-8-17-22-18-15(14(4)23-26(25)20(5,6)7)9-12(2)10-16(18)19-21-13(3)11-24(17)19/h9-11H,8H2,1-7H3/t26-/m1/s1. The number of hydrogen-bond acceptors (Lipinski definition) is 4. The molecule has 0 spiro atoms. The zero-order valence-corrected chi connectivity index (χ0v) is 17.4. The fourth-order valence-electron chi connectivity index (χ4n) is 2.97. The molecule has 0 bridgehead atoms. The molecule has 0 saturated carbocycles. The zero-order chi connectivity index (χ0) is 19.2. The highest BCUT2D eigenvalue weighted by Crippen LogP contribution is 2.27. The molecule has 0 fully saturated rings. The summed E-state index contributed by atoms with van der Waals surface area (Å²) in [6.07, 6.45) is 2.83. The lowest BCUT2D eigenvalue weighted by Crippen LogP contribution is -2.26. The van der Waals surface area contributed by atoms with Crippen molar-refractivity contribution >= 4 is 33.6 Å². The number of rotatable bonds is 3. The van der Waals surface area contributed by atoms with E-state index in [-0.39, 0.29) is 0 Å². The van der Waals surface area contributed by atoms with Gasteiger partial charge < -0.3 is 4.55 Å². The SMILES string of the molecule is CCc1nc2c(C(C)=N[S@+]([O-])C(C)(C)C)cc(C)cc2c2nc(C)cn12. The summed E-state index contributed by atoms with van der Waals surface area (Å²) in [5, 5.41) is 1.00. The molecular weight excluding hydrogens is 344 g/mol. The lowest BCUT2D eigenvalue weighted by Gasteiger charge is -2.19. The van der Waals surface area contributed by atoms with Gasteiger partial charge in [0, 0.05) is 23.6 Å². The van der Waals surface area contributed by atoms with Gasteiger partial charge in [-0.2, -0.15) is 0 Å². The van der Waals surface area contributed by atoms with E-state index < -0.39 is 16.1 Å². The lowest BCUT2D eigenvalue weighted by atomic mass is 10.0. The predicted octanol–water partition coefficient (Wildman–Crippen LogP) is 4.33. The van der Waals surface area contributed by atoms with Gasteiger partial charge in [0.15, 0.2) is 0 Å². The fraction of sp³-hybridized carbons (Fsp3) is 0.450. The number of nitrogens with zero attached hydrogens (tertiary/aromatic N) is 4. The average Bonchev–Trinajstić information content (AvgIpc) is 2.94. The first kappa shape index (κ1) is 18.9. The quantitative estimate of drug-likeness (QED) is 0.509. The van der Waals surface area contributed by atoms with Gasteiger partial charge in [-0.1, -0.05) is 11.3 Å². The minimum absolute atomic E-state index is 0.392. The van der Waals surface area contributed by atoms with Gasteiger partial charge >= 0.3 is 0 Å². The average molecular weight is 371 g/mol. The molecule has 138 valence electrons. The first-order valence-corrected chi connectivity index (χ1v) is 9.99. The van der Waals surface area contributed by atoms with Crippen LogP contribution in [0.4, 0.5) is 0 Å². The number of hydrogen-bond donors (Lipinski definition) is 0. The van der Waals surface area contributed by atoms with Crippen molar-refractivity contribution in [3.63, 3.8) is 0 Å². The molecule has 0 aliphatic heterocycles. The minimum atomic E-state index is -1.31. The van der Waals surface area contributed by atoms with Crippen LogP contribution in [0, 0.1) is 13.8 Å². The predicted molar refractivity (Wildman–Crippen MR) is 109 cm³/mol. The van der Waals surface area contributed by atoms with Crippen LogP contribution < -0.4 is 0 Å². The highest BCUT2D eigenvalue weighted by atomic mass is 32.2.